The average Bonchev–Trinajstić information content (AvgIpc) is 2.56. The van der Waals surface area contributed by atoms with E-state index in [0.717, 1.165) is 25.1 Å². The second-order valence-corrected chi connectivity index (χ2v) is 3.34. The molecule has 0 fully saturated rings. The Morgan fingerprint density at radius 2 is 2.54 bits per heavy atom. The first-order chi connectivity index (χ1) is 6.20. The van der Waals surface area contributed by atoms with Crippen LogP contribution in [-0.4, -0.2) is 33.6 Å². The second kappa shape index (κ2) is 4.81. The molecule has 1 rings (SSSR count). The number of aromatic nitrogens is 2. The largest absolute Gasteiger partial charge is 0.376 e. The van der Waals surface area contributed by atoms with E-state index in [4.69, 9.17) is 18.0 Å². The van der Waals surface area contributed by atoms with Gasteiger partial charge in [0.15, 0.2) is 5.11 Å². The number of H-pyrrole nitrogens is 1. The van der Waals surface area contributed by atoms with Crippen LogP contribution in [0.1, 0.15) is 12.1 Å². The third kappa shape index (κ3) is 3.42. The Kier molecular flexibility index (Phi) is 3.70. The van der Waals surface area contributed by atoms with Gasteiger partial charge in [-0.2, -0.15) is 0 Å². The van der Waals surface area contributed by atoms with Gasteiger partial charge in [0.05, 0.1) is 12.0 Å². The zero-order valence-electron chi connectivity index (χ0n) is 7.66. The lowest BCUT2D eigenvalue weighted by molar-refractivity contribution is 0.490. The molecule has 1 aromatic heterocycles. The predicted molar refractivity (Wildman–Crippen MR) is 56.3 cm³/mol. The number of nitrogens with zero attached hydrogens (tertiary/aromatic N) is 2. The Morgan fingerprint density at radius 3 is 3.08 bits per heavy atom. The fraction of sp³-hybridized carbons (Fsp3) is 0.500. The molecule has 1 heterocycles. The van der Waals surface area contributed by atoms with Crippen molar-refractivity contribution in [2.24, 2.45) is 5.73 Å². The van der Waals surface area contributed by atoms with E-state index in [1.54, 1.807) is 6.33 Å². The summed E-state index contributed by atoms with van der Waals surface area (Å²) < 4.78 is 0. The van der Waals surface area contributed by atoms with Crippen molar-refractivity contribution in [2.45, 2.75) is 12.8 Å². The number of rotatable bonds is 4. The summed E-state index contributed by atoms with van der Waals surface area (Å²) in [4.78, 5) is 8.90. The lowest BCUT2D eigenvalue weighted by Crippen LogP contribution is -2.32. The second-order valence-electron chi connectivity index (χ2n) is 2.92. The standard InChI is InChI=1S/C8H14N4S/c1-12(8(9)13)4-2-3-7-5-10-6-11-7/h5-6H,2-4H2,1H3,(H2,9,13)(H,10,11). The minimum absolute atomic E-state index is 0.446. The molecule has 0 saturated carbocycles. The SMILES string of the molecule is CN(CCCc1c[nH]cn1)C(N)=S. The Labute approximate surface area is 83.1 Å². The van der Waals surface area contributed by atoms with Gasteiger partial charge < -0.3 is 15.6 Å². The summed E-state index contributed by atoms with van der Waals surface area (Å²) in [7, 11) is 1.90. The van der Waals surface area contributed by atoms with Crippen LogP contribution in [0.2, 0.25) is 0 Å². The van der Waals surface area contributed by atoms with Gasteiger partial charge in [0.25, 0.3) is 0 Å². The van der Waals surface area contributed by atoms with Gasteiger partial charge in [0.1, 0.15) is 0 Å². The third-order valence-corrected chi connectivity index (χ3v) is 2.17. The molecule has 0 atom stereocenters. The highest BCUT2D eigenvalue weighted by Gasteiger charge is 1.99. The van der Waals surface area contributed by atoms with E-state index in [1.165, 1.54) is 0 Å². The summed E-state index contributed by atoms with van der Waals surface area (Å²) >= 11 is 4.81. The Hall–Kier alpha value is -1.10. The molecule has 1 aromatic rings. The van der Waals surface area contributed by atoms with E-state index in [2.05, 4.69) is 9.97 Å². The Morgan fingerprint density at radius 1 is 1.77 bits per heavy atom. The van der Waals surface area contributed by atoms with Crippen molar-refractivity contribution in [3.8, 4) is 0 Å². The first-order valence-electron chi connectivity index (χ1n) is 4.18. The van der Waals surface area contributed by atoms with Crippen LogP contribution in [0.25, 0.3) is 0 Å². The van der Waals surface area contributed by atoms with E-state index in [9.17, 15) is 0 Å². The third-order valence-electron chi connectivity index (χ3n) is 1.86. The lowest BCUT2D eigenvalue weighted by Gasteiger charge is -2.15. The van der Waals surface area contributed by atoms with Gasteiger partial charge >= 0.3 is 0 Å². The molecule has 0 amide bonds. The number of hydrogen-bond donors (Lipinski definition) is 2. The minimum atomic E-state index is 0.446. The van der Waals surface area contributed by atoms with Crippen molar-refractivity contribution >= 4 is 17.3 Å². The average molecular weight is 198 g/mol. The molecule has 13 heavy (non-hydrogen) atoms. The molecule has 0 aliphatic heterocycles. The summed E-state index contributed by atoms with van der Waals surface area (Å²) in [5, 5.41) is 0.446. The summed E-state index contributed by atoms with van der Waals surface area (Å²) in [6, 6.07) is 0. The highest BCUT2D eigenvalue weighted by molar-refractivity contribution is 7.80. The fourth-order valence-electron chi connectivity index (χ4n) is 1.04. The molecule has 0 aliphatic rings. The van der Waals surface area contributed by atoms with E-state index < -0.39 is 0 Å². The molecule has 0 spiro atoms. The molecule has 4 nitrogen and oxygen atoms in total. The minimum Gasteiger partial charge on any atom is -0.376 e. The molecular weight excluding hydrogens is 184 g/mol. The van der Waals surface area contributed by atoms with Crippen LogP contribution in [0.5, 0.6) is 0 Å². The normalized spacial score (nSPS) is 9.92. The smallest absolute Gasteiger partial charge is 0.166 e. The number of nitrogens with two attached hydrogens (primary N) is 1. The van der Waals surface area contributed by atoms with E-state index in [1.807, 2.05) is 18.1 Å². The number of imidazole rings is 1. The van der Waals surface area contributed by atoms with Crippen LogP contribution in [0, 0.1) is 0 Å². The van der Waals surface area contributed by atoms with Crippen molar-refractivity contribution in [3.63, 3.8) is 0 Å². The zero-order valence-corrected chi connectivity index (χ0v) is 8.47. The van der Waals surface area contributed by atoms with Gasteiger partial charge in [-0.3, -0.25) is 0 Å². The molecule has 72 valence electrons. The van der Waals surface area contributed by atoms with Gasteiger partial charge in [-0.15, -0.1) is 0 Å². The van der Waals surface area contributed by atoms with Crippen molar-refractivity contribution in [1.29, 1.82) is 0 Å². The monoisotopic (exact) mass is 198 g/mol. The van der Waals surface area contributed by atoms with Crippen molar-refractivity contribution in [1.82, 2.24) is 14.9 Å². The molecule has 0 saturated heterocycles. The number of thiocarbonyl (C=S) groups is 1. The molecule has 0 aliphatic carbocycles. The van der Waals surface area contributed by atoms with Gasteiger partial charge in [-0.1, -0.05) is 0 Å². The first kappa shape index (κ1) is 9.98. The molecule has 3 N–H and O–H groups in total. The summed E-state index contributed by atoms with van der Waals surface area (Å²) in [5.74, 6) is 0. The fourth-order valence-corrected chi connectivity index (χ4v) is 1.13. The molecular formula is C8H14N4S. The molecule has 5 heteroatoms. The van der Waals surface area contributed by atoms with Crippen LogP contribution in [-0.2, 0) is 6.42 Å². The highest BCUT2D eigenvalue weighted by atomic mass is 32.1. The molecule has 0 radical (unpaired) electrons. The van der Waals surface area contributed by atoms with Crippen molar-refractivity contribution in [3.05, 3.63) is 18.2 Å². The van der Waals surface area contributed by atoms with Crippen LogP contribution in [0.15, 0.2) is 12.5 Å². The van der Waals surface area contributed by atoms with Crippen LogP contribution in [0.3, 0.4) is 0 Å². The Balaban J connectivity index is 2.18. The molecule has 0 unspecified atom stereocenters. The highest BCUT2D eigenvalue weighted by Crippen LogP contribution is 1.97. The zero-order chi connectivity index (χ0) is 9.68. The van der Waals surface area contributed by atoms with Gasteiger partial charge in [-0.05, 0) is 25.1 Å². The molecule has 0 aromatic carbocycles. The van der Waals surface area contributed by atoms with Crippen LogP contribution >= 0.6 is 12.2 Å². The van der Waals surface area contributed by atoms with E-state index >= 15 is 0 Å². The molecule has 0 bridgehead atoms. The van der Waals surface area contributed by atoms with Crippen LogP contribution < -0.4 is 5.73 Å². The van der Waals surface area contributed by atoms with Gasteiger partial charge in [-0.25, -0.2) is 4.98 Å². The maximum Gasteiger partial charge on any atom is 0.166 e. The van der Waals surface area contributed by atoms with E-state index in [0.29, 0.717) is 5.11 Å². The van der Waals surface area contributed by atoms with E-state index in [-0.39, 0.29) is 0 Å². The maximum absolute atomic E-state index is 5.43. The van der Waals surface area contributed by atoms with Gasteiger partial charge in [0.2, 0.25) is 0 Å². The number of hydrogen-bond acceptors (Lipinski definition) is 2. The first-order valence-corrected chi connectivity index (χ1v) is 4.59. The van der Waals surface area contributed by atoms with Crippen molar-refractivity contribution in [2.75, 3.05) is 13.6 Å². The quantitative estimate of drug-likeness (QED) is 0.692. The summed E-state index contributed by atoms with van der Waals surface area (Å²) in [6.45, 7) is 0.877. The Bertz CT molecular complexity index is 257. The number of aromatic amines is 1. The predicted octanol–water partition coefficient (Wildman–Crippen LogP) is 0.518. The topological polar surface area (TPSA) is 57.9 Å². The summed E-state index contributed by atoms with van der Waals surface area (Å²) in [6.07, 6.45) is 5.56. The maximum atomic E-state index is 5.43. The van der Waals surface area contributed by atoms with Crippen LogP contribution in [0.4, 0.5) is 0 Å². The van der Waals surface area contributed by atoms with Crippen molar-refractivity contribution < 1.29 is 0 Å². The lowest BCUT2D eigenvalue weighted by atomic mass is 10.2. The number of nitrogens with one attached hydrogen (secondary N) is 1. The number of aryl methyl sites for hydroxylation is 1. The summed E-state index contributed by atoms with van der Waals surface area (Å²) in [5.41, 5.74) is 6.51. The van der Waals surface area contributed by atoms with Gasteiger partial charge in [0, 0.05) is 19.8 Å².